The molecule has 2 aromatic rings. The van der Waals surface area contributed by atoms with Gasteiger partial charge in [-0.3, -0.25) is 0 Å². The molecule has 1 aromatic carbocycles. The number of nitrogens with zero attached hydrogens (tertiary/aromatic N) is 4. The Morgan fingerprint density at radius 2 is 1.94 bits per heavy atom. The molecule has 2 N–H and O–H groups in total. The second-order valence-corrected chi connectivity index (χ2v) is 8.15. The minimum atomic E-state index is 0. The molecule has 0 radical (unpaired) electrons. The van der Waals surface area contributed by atoms with Crippen LogP contribution in [-0.2, 0) is 6.42 Å². The van der Waals surface area contributed by atoms with Crippen LogP contribution in [0.15, 0.2) is 24.3 Å². The quantitative estimate of drug-likeness (QED) is 0.435. The first kappa shape index (κ1) is 28.0. The average molecular weight is 480 g/mol. The standard InChI is InChI=1S/C24H34N6.2ClH/c1-4-6-7-12-26-22-11-13-30(17-22)23-15-20(8-5-2)27-24(29-23)28-21-10-9-18(3)19(14-21)16-25;;/h9-10,14-15,22,26H,4-8,11-13,17H2,1-3H3,(H,27,28,29);2*1H/t22-;;/m0../s1. The van der Waals surface area contributed by atoms with Crippen molar-refractivity contribution < 1.29 is 0 Å². The Bertz CT molecular complexity index is 883. The van der Waals surface area contributed by atoms with E-state index >= 15 is 0 Å². The lowest BCUT2D eigenvalue weighted by Crippen LogP contribution is -2.33. The highest BCUT2D eigenvalue weighted by atomic mass is 35.5. The van der Waals surface area contributed by atoms with E-state index in [0.29, 0.717) is 17.6 Å². The Hall–Kier alpha value is -2.07. The summed E-state index contributed by atoms with van der Waals surface area (Å²) in [7, 11) is 0. The van der Waals surface area contributed by atoms with Gasteiger partial charge in [0.1, 0.15) is 5.82 Å². The predicted octanol–water partition coefficient (Wildman–Crippen LogP) is 5.55. The summed E-state index contributed by atoms with van der Waals surface area (Å²) in [5.74, 6) is 1.59. The summed E-state index contributed by atoms with van der Waals surface area (Å²) < 4.78 is 0. The molecule has 1 aliphatic rings. The fourth-order valence-electron chi connectivity index (χ4n) is 3.85. The maximum atomic E-state index is 9.31. The van der Waals surface area contributed by atoms with Gasteiger partial charge in [-0.15, -0.1) is 24.8 Å². The molecule has 32 heavy (non-hydrogen) atoms. The molecule has 8 heteroatoms. The van der Waals surface area contributed by atoms with Crippen molar-refractivity contribution in [2.24, 2.45) is 0 Å². The monoisotopic (exact) mass is 478 g/mol. The van der Waals surface area contributed by atoms with Crippen molar-refractivity contribution in [2.75, 3.05) is 29.9 Å². The van der Waals surface area contributed by atoms with Gasteiger partial charge in [-0.05, 0) is 50.4 Å². The van der Waals surface area contributed by atoms with E-state index in [9.17, 15) is 5.26 Å². The molecule has 1 fully saturated rings. The van der Waals surface area contributed by atoms with Gasteiger partial charge in [0.2, 0.25) is 5.95 Å². The normalized spacial score (nSPS) is 14.9. The van der Waals surface area contributed by atoms with Crippen LogP contribution in [-0.4, -0.2) is 35.6 Å². The molecule has 1 atom stereocenters. The molecule has 176 valence electrons. The van der Waals surface area contributed by atoms with Gasteiger partial charge in [0.05, 0.1) is 11.6 Å². The van der Waals surface area contributed by atoms with E-state index in [0.717, 1.165) is 61.7 Å². The van der Waals surface area contributed by atoms with E-state index in [4.69, 9.17) is 9.97 Å². The van der Waals surface area contributed by atoms with E-state index < -0.39 is 0 Å². The van der Waals surface area contributed by atoms with Crippen LogP contribution in [0, 0.1) is 18.3 Å². The van der Waals surface area contributed by atoms with E-state index in [1.165, 1.54) is 19.3 Å². The third kappa shape index (κ3) is 7.81. The number of nitrogens with one attached hydrogen (secondary N) is 2. The highest BCUT2D eigenvalue weighted by Crippen LogP contribution is 2.24. The summed E-state index contributed by atoms with van der Waals surface area (Å²) in [4.78, 5) is 11.9. The zero-order chi connectivity index (χ0) is 21.3. The van der Waals surface area contributed by atoms with Crippen LogP contribution in [0.4, 0.5) is 17.5 Å². The van der Waals surface area contributed by atoms with Crippen LogP contribution in [0.1, 0.15) is 62.8 Å². The van der Waals surface area contributed by atoms with Crippen molar-refractivity contribution >= 4 is 42.3 Å². The highest BCUT2D eigenvalue weighted by Gasteiger charge is 2.23. The summed E-state index contributed by atoms with van der Waals surface area (Å²) in [6.45, 7) is 9.44. The topological polar surface area (TPSA) is 76.9 Å². The molecule has 0 spiro atoms. The number of benzene rings is 1. The summed E-state index contributed by atoms with van der Waals surface area (Å²) in [5.41, 5.74) is 3.53. The minimum Gasteiger partial charge on any atom is -0.355 e. The highest BCUT2D eigenvalue weighted by molar-refractivity contribution is 5.85. The molecule has 3 rings (SSSR count). The Morgan fingerprint density at radius 3 is 2.66 bits per heavy atom. The SMILES string of the molecule is CCCCCN[C@H]1CCN(c2cc(CCC)nc(Nc3ccc(C)c(C#N)c3)n2)C1.Cl.Cl. The molecule has 6 nitrogen and oxygen atoms in total. The van der Waals surface area contributed by atoms with Crippen molar-refractivity contribution in [2.45, 2.75) is 65.3 Å². The van der Waals surface area contributed by atoms with E-state index in [1.807, 2.05) is 25.1 Å². The number of unbranched alkanes of at least 4 members (excludes halogenated alkanes) is 2. The largest absolute Gasteiger partial charge is 0.355 e. The number of halogens is 2. The van der Waals surface area contributed by atoms with Crippen LogP contribution in [0.5, 0.6) is 0 Å². The fraction of sp³-hybridized carbons (Fsp3) is 0.542. The number of hydrogen-bond acceptors (Lipinski definition) is 6. The smallest absolute Gasteiger partial charge is 0.229 e. The zero-order valence-electron chi connectivity index (χ0n) is 19.4. The summed E-state index contributed by atoms with van der Waals surface area (Å²) >= 11 is 0. The molecule has 0 bridgehead atoms. The zero-order valence-corrected chi connectivity index (χ0v) is 21.0. The van der Waals surface area contributed by atoms with Crippen LogP contribution in [0.3, 0.4) is 0 Å². The maximum Gasteiger partial charge on any atom is 0.229 e. The Morgan fingerprint density at radius 1 is 1.12 bits per heavy atom. The molecule has 1 aromatic heterocycles. The van der Waals surface area contributed by atoms with Crippen molar-refractivity contribution in [3.05, 3.63) is 41.1 Å². The van der Waals surface area contributed by atoms with E-state index in [2.05, 4.69) is 41.5 Å². The van der Waals surface area contributed by atoms with Gasteiger partial charge in [-0.1, -0.05) is 39.2 Å². The number of anilines is 3. The third-order valence-electron chi connectivity index (χ3n) is 5.61. The van der Waals surface area contributed by atoms with Crippen molar-refractivity contribution in [3.63, 3.8) is 0 Å². The molecule has 0 amide bonds. The molecular formula is C24H36Cl2N6. The number of nitriles is 1. The lowest BCUT2D eigenvalue weighted by molar-refractivity contribution is 0.527. The van der Waals surface area contributed by atoms with Gasteiger partial charge in [-0.25, -0.2) is 4.98 Å². The fourth-order valence-corrected chi connectivity index (χ4v) is 3.85. The van der Waals surface area contributed by atoms with Gasteiger partial charge >= 0.3 is 0 Å². The summed E-state index contributed by atoms with van der Waals surface area (Å²) in [5, 5.41) is 16.3. The maximum absolute atomic E-state index is 9.31. The Balaban J connectivity index is 0.00000256. The summed E-state index contributed by atoms with van der Waals surface area (Å²) in [6.07, 6.45) is 6.90. The van der Waals surface area contributed by atoms with Crippen molar-refractivity contribution in [1.82, 2.24) is 15.3 Å². The number of aryl methyl sites for hydroxylation is 2. The van der Waals surface area contributed by atoms with Crippen molar-refractivity contribution in [3.8, 4) is 6.07 Å². The van der Waals surface area contributed by atoms with E-state index in [-0.39, 0.29) is 24.8 Å². The minimum absolute atomic E-state index is 0. The van der Waals surface area contributed by atoms with Gasteiger partial charge in [0, 0.05) is 36.6 Å². The van der Waals surface area contributed by atoms with Crippen LogP contribution < -0.4 is 15.5 Å². The first-order valence-electron chi connectivity index (χ1n) is 11.3. The first-order valence-corrected chi connectivity index (χ1v) is 11.3. The van der Waals surface area contributed by atoms with Crippen molar-refractivity contribution in [1.29, 1.82) is 5.26 Å². The third-order valence-corrected chi connectivity index (χ3v) is 5.61. The molecule has 1 saturated heterocycles. The van der Waals surface area contributed by atoms with Gasteiger partial charge < -0.3 is 15.5 Å². The summed E-state index contributed by atoms with van der Waals surface area (Å²) in [6, 6.07) is 10.7. The molecular weight excluding hydrogens is 443 g/mol. The van der Waals surface area contributed by atoms with Crippen LogP contribution in [0.25, 0.3) is 0 Å². The van der Waals surface area contributed by atoms with Crippen LogP contribution >= 0.6 is 24.8 Å². The second-order valence-electron chi connectivity index (χ2n) is 8.15. The Labute approximate surface area is 205 Å². The molecule has 1 aliphatic heterocycles. The lowest BCUT2D eigenvalue weighted by atomic mass is 10.1. The molecule has 2 heterocycles. The number of rotatable bonds is 10. The Kier molecular flexibility index (Phi) is 12.4. The number of hydrogen-bond donors (Lipinski definition) is 2. The first-order chi connectivity index (χ1) is 14.6. The van der Waals surface area contributed by atoms with Gasteiger partial charge in [0.25, 0.3) is 0 Å². The van der Waals surface area contributed by atoms with Crippen LogP contribution in [0.2, 0.25) is 0 Å². The second kappa shape index (κ2) is 14.2. The predicted molar refractivity (Wildman–Crippen MR) is 138 cm³/mol. The van der Waals surface area contributed by atoms with Gasteiger partial charge in [-0.2, -0.15) is 10.2 Å². The lowest BCUT2D eigenvalue weighted by Gasteiger charge is -2.20. The van der Waals surface area contributed by atoms with E-state index in [1.54, 1.807) is 0 Å². The van der Waals surface area contributed by atoms with Gasteiger partial charge in [0.15, 0.2) is 0 Å². The molecule has 0 unspecified atom stereocenters. The average Bonchev–Trinajstić information content (AvgIpc) is 3.22. The molecule has 0 saturated carbocycles. The number of aromatic nitrogens is 2. The molecule has 0 aliphatic carbocycles.